The van der Waals surface area contributed by atoms with Gasteiger partial charge in [-0.2, -0.15) is 0 Å². The number of H-pyrrole nitrogens is 1. The van der Waals surface area contributed by atoms with Gasteiger partial charge < -0.3 is 0 Å². The molecular formula is C7H8N2O. The first-order chi connectivity index (χ1) is 4.93. The van der Waals surface area contributed by atoms with Gasteiger partial charge in [0.1, 0.15) is 0 Å². The van der Waals surface area contributed by atoms with E-state index in [9.17, 15) is 4.79 Å². The molecule has 0 bridgehead atoms. The molecule has 3 nitrogen and oxygen atoms in total. The van der Waals surface area contributed by atoms with Gasteiger partial charge >= 0.3 is 0 Å². The first-order valence-corrected chi connectivity index (χ1v) is 2.93. The van der Waals surface area contributed by atoms with Gasteiger partial charge in [-0.3, -0.25) is 9.89 Å². The van der Waals surface area contributed by atoms with E-state index in [1.807, 2.05) is 12.1 Å². The fourth-order valence-corrected chi connectivity index (χ4v) is 0.564. The summed E-state index contributed by atoms with van der Waals surface area (Å²) in [5.41, 5.74) is 0. The minimum atomic E-state index is 0.694. The summed E-state index contributed by atoms with van der Waals surface area (Å²) >= 11 is 0. The summed E-state index contributed by atoms with van der Waals surface area (Å²) < 4.78 is 1.32. The Morgan fingerprint density at radius 2 is 2.00 bits per heavy atom. The van der Waals surface area contributed by atoms with E-state index in [0.29, 0.717) is 6.41 Å². The van der Waals surface area contributed by atoms with Crippen LogP contribution in [0.4, 0.5) is 0 Å². The average Bonchev–Trinajstić information content (AvgIpc) is 1.87. The minimum Gasteiger partial charge on any atom is -0.299 e. The van der Waals surface area contributed by atoms with Crippen LogP contribution in [0.25, 0.3) is 0 Å². The zero-order valence-corrected chi connectivity index (χ0v) is 5.40. The van der Waals surface area contributed by atoms with Crippen molar-refractivity contribution in [2.75, 3.05) is 0 Å². The molecule has 0 aliphatic heterocycles. The molecule has 0 spiro atoms. The minimum absolute atomic E-state index is 0.694. The van der Waals surface area contributed by atoms with Crippen molar-refractivity contribution in [2.24, 2.45) is 0 Å². The van der Waals surface area contributed by atoms with Crippen molar-refractivity contribution in [1.82, 2.24) is 9.78 Å². The van der Waals surface area contributed by atoms with Crippen LogP contribution in [0.2, 0.25) is 0 Å². The second kappa shape index (κ2) is 3.50. The van der Waals surface area contributed by atoms with Crippen LogP contribution in [0.3, 0.4) is 0 Å². The van der Waals surface area contributed by atoms with Crippen LogP contribution in [-0.2, 0) is 4.79 Å². The van der Waals surface area contributed by atoms with Crippen molar-refractivity contribution in [3.8, 4) is 0 Å². The SMILES string of the molecule is O=Cn1cccccc[nH]1. The third kappa shape index (κ3) is 1.78. The summed E-state index contributed by atoms with van der Waals surface area (Å²) in [6.45, 7) is 0. The van der Waals surface area contributed by atoms with Gasteiger partial charge in [0.2, 0.25) is 6.41 Å². The third-order valence-corrected chi connectivity index (χ3v) is 1.01. The topological polar surface area (TPSA) is 37.8 Å². The van der Waals surface area contributed by atoms with E-state index in [4.69, 9.17) is 0 Å². The first kappa shape index (κ1) is 6.61. The van der Waals surface area contributed by atoms with Crippen LogP contribution in [0.1, 0.15) is 0 Å². The second-order valence-electron chi connectivity index (χ2n) is 1.73. The number of hydrogen-bond acceptors (Lipinski definition) is 1. The van der Waals surface area contributed by atoms with Crippen molar-refractivity contribution in [3.05, 3.63) is 36.7 Å². The number of nitrogens with zero attached hydrogens (tertiary/aromatic N) is 1. The highest BCUT2D eigenvalue weighted by molar-refractivity contribution is 5.49. The van der Waals surface area contributed by atoms with E-state index in [-0.39, 0.29) is 0 Å². The summed E-state index contributed by atoms with van der Waals surface area (Å²) in [7, 11) is 0. The molecule has 0 atom stereocenters. The molecule has 1 rings (SSSR count). The smallest absolute Gasteiger partial charge is 0.232 e. The van der Waals surface area contributed by atoms with Gasteiger partial charge in [0, 0.05) is 12.4 Å². The molecule has 1 N–H and O–H groups in total. The highest BCUT2D eigenvalue weighted by Crippen LogP contribution is 1.76. The first-order valence-electron chi connectivity index (χ1n) is 2.93. The van der Waals surface area contributed by atoms with Gasteiger partial charge in [-0.05, 0) is 12.1 Å². The van der Waals surface area contributed by atoms with Gasteiger partial charge in [-0.15, -0.1) is 0 Å². The Morgan fingerprint density at radius 3 is 2.80 bits per heavy atom. The molecule has 0 aromatic carbocycles. The quantitative estimate of drug-likeness (QED) is 0.574. The van der Waals surface area contributed by atoms with Gasteiger partial charge in [0.15, 0.2) is 0 Å². The number of hydrogen-bond donors (Lipinski definition) is 1. The monoisotopic (exact) mass is 136 g/mol. The van der Waals surface area contributed by atoms with Crippen molar-refractivity contribution >= 4 is 6.41 Å². The highest BCUT2D eigenvalue weighted by Gasteiger charge is 1.71. The van der Waals surface area contributed by atoms with Crippen molar-refractivity contribution in [2.45, 2.75) is 0 Å². The Morgan fingerprint density at radius 1 is 1.20 bits per heavy atom. The lowest BCUT2D eigenvalue weighted by atomic mass is 10.5. The molecule has 0 fully saturated rings. The van der Waals surface area contributed by atoms with Gasteiger partial charge in [0.05, 0.1) is 0 Å². The normalized spacial score (nSPS) is 8.40. The molecule has 0 saturated carbocycles. The molecule has 0 radical (unpaired) electrons. The standard InChI is InChI=1S/C7H8N2O/c10-7-9-6-4-2-1-3-5-8-9/h1-8H. The fourth-order valence-electron chi connectivity index (χ4n) is 0.564. The Labute approximate surface area is 58.6 Å². The Bertz CT molecular complexity index is 228. The summed E-state index contributed by atoms with van der Waals surface area (Å²) in [4.78, 5) is 10.2. The molecule has 0 amide bonds. The van der Waals surface area contributed by atoms with E-state index in [1.54, 1.807) is 24.5 Å². The summed E-state index contributed by atoms with van der Waals surface area (Å²) in [6, 6.07) is 7.28. The maximum absolute atomic E-state index is 10.2. The average molecular weight is 136 g/mol. The van der Waals surface area contributed by atoms with E-state index in [1.165, 1.54) is 4.68 Å². The van der Waals surface area contributed by atoms with Gasteiger partial charge in [-0.25, -0.2) is 4.68 Å². The molecule has 10 heavy (non-hydrogen) atoms. The Balaban J connectivity index is 3.10. The number of rotatable bonds is 1. The van der Waals surface area contributed by atoms with E-state index in [0.717, 1.165) is 0 Å². The van der Waals surface area contributed by atoms with Crippen molar-refractivity contribution < 1.29 is 4.79 Å². The second-order valence-corrected chi connectivity index (χ2v) is 1.73. The molecule has 1 aromatic heterocycles. The van der Waals surface area contributed by atoms with Crippen LogP contribution >= 0.6 is 0 Å². The zero-order chi connectivity index (χ0) is 7.23. The highest BCUT2D eigenvalue weighted by atomic mass is 16.1. The van der Waals surface area contributed by atoms with Crippen LogP contribution in [0.15, 0.2) is 36.7 Å². The predicted octanol–water partition coefficient (Wildman–Crippen LogP) is 0.979. The van der Waals surface area contributed by atoms with E-state index < -0.39 is 0 Å². The molecular weight excluding hydrogens is 128 g/mol. The lowest BCUT2D eigenvalue weighted by Gasteiger charge is -1.89. The van der Waals surface area contributed by atoms with Crippen molar-refractivity contribution in [3.63, 3.8) is 0 Å². The number of aromatic nitrogens is 2. The molecule has 1 aromatic rings. The summed E-state index contributed by atoms with van der Waals surface area (Å²) in [5, 5.41) is 2.72. The fraction of sp³-hybridized carbons (Fsp3) is 0. The summed E-state index contributed by atoms with van der Waals surface area (Å²) in [5.74, 6) is 0. The summed E-state index contributed by atoms with van der Waals surface area (Å²) in [6.07, 6.45) is 4.00. The number of nitrogens with one attached hydrogen (secondary N) is 1. The van der Waals surface area contributed by atoms with E-state index >= 15 is 0 Å². The Hall–Kier alpha value is -1.51. The number of carbonyl (C=O) groups excluding carboxylic acids is 1. The van der Waals surface area contributed by atoms with Crippen LogP contribution in [0.5, 0.6) is 0 Å². The molecule has 1 heterocycles. The van der Waals surface area contributed by atoms with Crippen LogP contribution in [0, 0.1) is 0 Å². The maximum Gasteiger partial charge on any atom is 0.232 e. The molecule has 0 aliphatic carbocycles. The zero-order valence-electron chi connectivity index (χ0n) is 5.40. The largest absolute Gasteiger partial charge is 0.299 e. The molecule has 3 heteroatoms. The van der Waals surface area contributed by atoms with Gasteiger partial charge in [-0.1, -0.05) is 12.1 Å². The van der Waals surface area contributed by atoms with Crippen LogP contribution < -0.4 is 0 Å². The van der Waals surface area contributed by atoms with Crippen molar-refractivity contribution in [1.29, 1.82) is 0 Å². The number of carbonyl (C=O) groups is 1. The third-order valence-electron chi connectivity index (χ3n) is 1.01. The molecule has 52 valence electrons. The predicted molar refractivity (Wildman–Crippen MR) is 38.6 cm³/mol. The molecule has 0 unspecified atom stereocenters. The maximum atomic E-state index is 10.2. The van der Waals surface area contributed by atoms with Gasteiger partial charge in [0.25, 0.3) is 0 Å². The molecule has 0 aliphatic rings. The van der Waals surface area contributed by atoms with E-state index in [2.05, 4.69) is 5.10 Å². The number of aromatic amines is 1. The lowest BCUT2D eigenvalue weighted by Crippen LogP contribution is -1.96. The lowest BCUT2D eigenvalue weighted by molar-refractivity contribution is 0.539. The Kier molecular flexibility index (Phi) is 2.31. The van der Waals surface area contributed by atoms with Crippen LogP contribution in [-0.4, -0.2) is 16.2 Å². The molecule has 0 saturated heterocycles.